The molecule has 1 saturated heterocycles. The minimum atomic E-state index is -0.907. The van der Waals surface area contributed by atoms with Crippen LogP contribution < -0.4 is 4.74 Å². The van der Waals surface area contributed by atoms with Crippen molar-refractivity contribution in [2.24, 2.45) is 5.41 Å². The molecule has 1 aromatic carbocycles. The molecule has 0 radical (unpaired) electrons. The number of rotatable bonds is 5. The van der Waals surface area contributed by atoms with Crippen LogP contribution in [-0.2, 0) is 9.59 Å². The Morgan fingerprint density at radius 3 is 2.52 bits per heavy atom. The van der Waals surface area contributed by atoms with E-state index in [2.05, 4.69) is 0 Å². The zero-order chi connectivity index (χ0) is 16.4. The number of aliphatic hydroxyl groups is 1. The highest BCUT2D eigenvalue weighted by molar-refractivity contribution is 6.30. The average molecular weight is 338 g/mol. The maximum Gasteiger partial charge on any atom is 0.235 e. The van der Waals surface area contributed by atoms with E-state index in [1.807, 2.05) is 0 Å². The lowest BCUT2D eigenvalue weighted by Gasteiger charge is -2.22. The van der Waals surface area contributed by atoms with Gasteiger partial charge in [0.1, 0.15) is 18.5 Å². The number of carbonyl (C=O) groups excluding carboxylic acids is 2. The molecule has 1 aliphatic heterocycles. The second kappa shape index (κ2) is 6.49. The number of amides is 2. The highest BCUT2D eigenvalue weighted by atomic mass is 35.5. The Balaban J connectivity index is 1.55. The number of hydrogen-bond donors (Lipinski definition) is 1. The number of ether oxygens (including phenoxy) is 1. The molecule has 23 heavy (non-hydrogen) atoms. The zero-order valence-electron chi connectivity index (χ0n) is 12.8. The van der Waals surface area contributed by atoms with Crippen LogP contribution in [0, 0.1) is 5.41 Å². The van der Waals surface area contributed by atoms with Gasteiger partial charge in [0, 0.05) is 11.4 Å². The van der Waals surface area contributed by atoms with Gasteiger partial charge in [-0.1, -0.05) is 24.4 Å². The monoisotopic (exact) mass is 337 g/mol. The number of halogens is 1. The molecule has 1 spiro atoms. The molecule has 1 saturated carbocycles. The number of hydrogen-bond acceptors (Lipinski definition) is 4. The highest BCUT2D eigenvalue weighted by Gasteiger charge is 2.52. The number of benzene rings is 1. The van der Waals surface area contributed by atoms with Crippen LogP contribution in [0.15, 0.2) is 24.3 Å². The third kappa shape index (κ3) is 3.35. The predicted octanol–water partition coefficient (Wildman–Crippen LogP) is 2.40. The fourth-order valence-corrected chi connectivity index (χ4v) is 3.60. The van der Waals surface area contributed by atoms with Gasteiger partial charge in [-0.2, -0.15) is 0 Å². The van der Waals surface area contributed by atoms with Crippen molar-refractivity contribution in [1.82, 2.24) is 4.90 Å². The summed E-state index contributed by atoms with van der Waals surface area (Å²) in [6.07, 6.45) is 2.94. The van der Waals surface area contributed by atoms with Crippen molar-refractivity contribution >= 4 is 23.4 Å². The minimum absolute atomic E-state index is 0.00694. The summed E-state index contributed by atoms with van der Waals surface area (Å²) < 4.78 is 5.46. The maximum atomic E-state index is 12.5. The number of nitrogens with zero attached hydrogens (tertiary/aromatic N) is 1. The second-order valence-corrected chi connectivity index (χ2v) is 6.83. The van der Waals surface area contributed by atoms with E-state index in [0.717, 1.165) is 25.7 Å². The standard InChI is InChI=1S/C17H20ClNO4/c18-12-3-5-14(6-4-12)23-11-13(20)10-19-15(21)9-17(16(19)22)7-1-2-8-17/h3-6,13,20H,1-2,7-11H2/t13-/m1/s1. The topological polar surface area (TPSA) is 66.8 Å². The number of aliphatic hydroxyl groups excluding tert-OH is 1. The Hall–Kier alpha value is -1.59. The van der Waals surface area contributed by atoms with Gasteiger partial charge in [0.15, 0.2) is 0 Å². The number of carbonyl (C=O) groups is 2. The van der Waals surface area contributed by atoms with Crippen molar-refractivity contribution in [2.75, 3.05) is 13.2 Å². The number of imide groups is 1. The third-order valence-corrected chi connectivity index (χ3v) is 4.95. The average Bonchev–Trinajstić information content (AvgIpc) is 3.08. The van der Waals surface area contributed by atoms with E-state index in [0.29, 0.717) is 10.8 Å². The quantitative estimate of drug-likeness (QED) is 0.838. The van der Waals surface area contributed by atoms with Gasteiger partial charge in [0.25, 0.3) is 0 Å². The fraction of sp³-hybridized carbons (Fsp3) is 0.529. The molecule has 1 heterocycles. The van der Waals surface area contributed by atoms with Gasteiger partial charge in [0.05, 0.1) is 12.0 Å². The Morgan fingerprint density at radius 2 is 1.87 bits per heavy atom. The van der Waals surface area contributed by atoms with Gasteiger partial charge in [-0.05, 0) is 37.1 Å². The molecule has 1 aliphatic carbocycles. The van der Waals surface area contributed by atoms with E-state index in [4.69, 9.17) is 16.3 Å². The molecule has 1 aromatic rings. The Kier molecular flexibility index (Phi) is 4.60. The van der Waals surface area contributed by atoms with Crippen LogP contribution in [0.2, 0.25) is 5.02 Å². The van der Waals surface area contributed by atoms with E-state index >= 15 is 0 Å². The molecule has 124 valence electrons. The van der Waals surface area contributed by atoms with Gasteiger partial charge < -0.3 is 9.84 Å². The van der Waals surface area contributed by atoms with E-state index in [1.54, 1.807) is 24.3 Å². The van der Waals surface area contributed by atoms with Crippen molar-refractivity contribution in [3.05, 3.63) is 29.3 Å². The van der Waals surface area contributed by atoms with Crippen LogP contribution in [0.3, 0.4) is 0 Å². The predicted molar refractivity (Wildman–Crippen MR) is 85.2 cm³/mol. The molecule has 1 atom stereocenters. The van der Waals surface area contributed by atoms with Crippen molar-refractivity contribution in [3.8, 4) is 5.75 Å². The summed E-state index contributed by atoms with van der Waals surface area (Å²) in [5.74, 6) is 0.285. The molecular formula is C17H20ClNO4. The van der Waals surface area contributed by atoms with Gasteiger partial charge in [0.2, 0.25) is 11.8 Å². The molecule has 0 bridgehead atoms. The molecule has 0 unspecified atom stereocenters. The van der Waals surface area contributed by atoms with Crippen LogP contribution in [0.5, 0.6) is 5.75 Å². The van der Waals surface area contributed by atoms with Crippen molar-refractivity contribution in [1.29, 1.82) is 0 Å². The van der Waals surface area contributed by atoms with E-state index in [-0.39, 0.29) is 31.4 Å². The first-order valence-corrected chi connectivity index (χ1v) is 8.29. The maximum absolute atomic E-state index is 12.5. The molecule has 3 rings (SSSR count). The molecule has 2 aliphatic rings. The summed E-state index contributed by atoms with van der Waals surface area (Å²) in [7, 11) is 0. The first-order chi connectivity index (χ1) is 11.0. The SMILES string of the molecule is O=C1CC2(CCCC2)C(=O)N1C[C@@H](O)COc1ccc(Cl)cc1. The van der Waals surface area contributed by atoms with Crippen molar-refractivity contribution < 1.29 is 19.4 Å². The van der Waals surface area contributed by atoms with E-state index in [1.165, 1.54) is 4.90 Å². The van der Waals surface area contributed by atoms with Gasteiger partial charge >= 0.3 is 0 Å². The summed E-state index contributed by atoms with van der Waals surface area (Å²) in [5, 5.41) is 10.7. The minimum Gasteiger partial charge on any atom is -0.491 e. The Bertz CT molecular complexity index is 595. The first kappa shape index (κ1) is 16.3. The molecule has 2 fully saturated rings. The summed E-state index contributed by atoms with van der Waals surface area (Å²) in [5.41, 5.74) is -0.492. The third-order valence-electron chi connectivity index (χ3n) is 4.70. The second-order valence-electron chi connectivity index (χ2n) is 6.39. The van der Waals surface area contributed by atoms with Crippen LogP contribution in [0.4, 0.5) is 0 Å². The normalized spacial score (nSPS) is 21.2. The van der Waals surface area contributed by atoms with Crippen LogP contribution in [0.1, 0.15) is 32.1 Å². The highest BCUT2D eigenvalue weighted by Crippen LogP contribution is 2.46. The summed E-state index contributed by atoms with van der Waals surface area (Å²) in [4.78, 5) is 25.9. The lowest BCUT2D eigenvalue weighted by atomic mass is 9.84. The van der Waals surface area contributed by atoms with Crippen molar-refractivity contribution in [3.63, 3.8) is 0 Å². The first-order valence-electron chi connectivity index (χ1n) is 7.91. The summed E-state index contributed by atoms with van der Waals surface area (Å²) in [6.45, 7) is 0.0126. The van der Waals surface area contributed by atoms with Gasteiger partial charge in [-0.3, -0.25) is 14.5 Å². The zero-order valence-corrected chi connectivity index (χ0v) is 13.6. The van der Waals surface area contributed by atoms with Crippen LogP contribution in [0.25, 0.3) is 0 Å². The van der Waals surface area contributed by atoms with Crippen molar-refractivity contribution in [2.45, 2.75) is 38.2 Å². The van der Waals surface area contributed by atoms with Gasteiger partial charge in [-0.15, -0.1) is 0 Å². The lowest BCUT2D eigenvalue weighted by Crippen LogP contribution is -2.41. The summed E-state index contributed by atoms with van der Waals surface area (Å²) >= 11 is 5.79. The van der Waals surface area contributed by atoms with Crippen LogP contribution >= 0.6 is 11.6 Å². The fourth-order valence-electron chi connectivity index (χ4n) is 3.47. The Morgan fingerprint density at radius 1 is 1.22 bits per heavy atom. The molecule has 2 amide bonds. The number of β-amino-alcohol motifs (C(OH)–C–C–N with tert-alkyl or cyclic N) is 1. The number of likely N-dealkylation sites (tertiary alicyclic amines) is 1. The summed E-state index contributed by atoms with van der Waals surface area (Å²) in [6, 6.07) is 6.80. The molecular weight excluding hydrogens is 318 g/mol. The molecule has 6 heteroatoms. The largest absolute Gasteiger partial charge is 0.491 e. The lowest BCUT2D eigenvalue weighted by molar-refractivity contribution is -0.143. The Labute approximate surface area is 140 Å². The molecule has 1 N–H and O–H groups in total. The molecule has 5 nitrogen and oxygen atoms in total. The van der Waals surface area contributed by atoms with Gasteiger partial charge in [-0.25, -0.2) is 0 Å². The van der Waals surface area contributed by atoms with Crippen LogP contribution in [-0.4, -0.2) is 41.1 Å². The molecule has 0 aromatic heterocycles. The van der Waals surface area contributed by atoms with E-state index < -0.39 is 11.5 Å². The smallest absolute Gasteiger partial charge is 0.235 e. The van der Waals surface area contributed by atoms with E-state index in [9.17, 15) is 14.7 Å².